The third-order valence-electron chi connectivity index (χ3n) is 3.56. The van der Waals surface area contributed by atoms with Gasteiger partial charge in [0.2, 0.25) is 0 Å². The minimum atomic E-state index is 0.0935. The van der Waals surface area contributed by atoms with E-state index in [0.717, 1.165) is 17.7 Å². The van der Waals surface area contributed by atoms with Crippen molar-refractivity contribution in [1.29, 1.82) is 0 Å². The number of ether oxygens (including phenoxy) is 1. The Morgan fingerprint density at radius 1 is 1.35 bits per heavy atom. The summed E-state index contributed by atoms with van der Waals surface area (Å²) in [6.45, 7) is 0.659. The molecule has 2 aromatic rings. The number of benzene rings is 1. The zero-order chi connectivity index (χ0) is 13.9. The van der Waals surface area contributed by atoms with E-state index in [1.807, 2.05) is 24.3 Å². The van der Waals surface area contributed by atoms with E-state index in [1.165, 1.54) is 0 Å². The lowest BCUT2D eigenvalue weighted by molar-refractivity contribution is 0.0965. The van der Waals surface area contributed by atoms with Crippen molar-refractivity contribution in [3.63, 3.8) is 0 Å². The molecule has 0 aliphatic carbocycles. The quantitative estimate of drug-likeness (QED) is 0.635. The lowest BCUT2D eigenvalue weighted by Gasteiger charge is -2.25. The number of carbonyl (C=O) groups is 1. The molecular weight excluding hydrogens is 274 g/mol. The molecule has 0 saturated heterocycles. The van der Waals surface area contributed by atoms with Gasteiger partial charge in [-0.25, -0.2) is 4.98 Å². The fourth-order valence-electron chi connectivity index (χ4n) is 2.55. The summed E-state index contributed by atoms with van der Waals surface area (Å²) in [5.41, 5.74) is 1.74. The van der Waals surface area contributed by atoms with Gasteiger partial charge in [-0.3, -0.25) is 4.79 Å². The number of hydrogen-bond acceptors (Lipinski definition) is 3. The molecule has 0 fully saturated rings. The normalized spacial score (nSPS) is 17.1. The molecule has 1 aromatic carbocycles. The predicted molar refractivity (Wildman–Crippen MR) is 77.5 cm³/mol. The number of carbonyl (C=O) groups excluding carboxylic acids is 1. The van der Waals surface area contributed by atoms with Gasteiger partial charge in [0.1, 0.15) is 10.9 Å². The second-order valence-corrected chi connectivity index (χ2v) is 5.25. The van der Waals surface area contributed by atoms with Gasteiger partial charge in [0, 0.05) is 18.2 Å². The molecule has 1 unspecified atom stereocenters. The van der Waals surface area contributed by atoms with Crippen LogP contribution in [-0.2, 0) is 0 Å². The summed E-state index contributed by atoms with van der Waals surface area (Å²) in [4.78, 5) is 16.2. The van der Waals surface area contributed by atoms with Crippen molar-refractivity contribution < 1.29 is 9.53 Å². The zero-order valence-corrected chi connectivity index (χ0v) is 11.6. The number of Topliss-reactive ketones (excluding diaryl/α,β-unsaturated/α-hetero) is 1. The number of aromatic nitrogens is 1. The van der Waals surface area contributed by atoms with Gasteiger partial charge in [-0.1, -0.05) is 29.8 Å². The number of ketones is 1. The first-order valence-corrected chi connectivity index (χ1v) is 6.98. The monoisotopic (exact) mass is 287 g/mol. The van der Waals surface area contributed by atoms with E-state index in [4.69, 9.17) is 16.3 Å². The molecule has 0 saturated carbocycles. The number of halogens is 1. The maximum Gasteiger partial charge on any atom is 0.163 e. The number of nitrogens with zero attached hydrogens (tertiary/aromatic N) is 1. The Hall–Kier alpha value is -1.87. The summed E-state index contributed by atoms with van der Waals surface area (Å²) in [7, 11) is 0. The smallest absolute Gasteiger partial charge is 0.163 e. The molecule has 1 aliphatic heterocycles. The van der Waals surface area contributed by atoms with E-state index in [2.05, 4.69) is 4.98 Å². The summed E-state index contributed by atoms with van der Waals surface area (Å²) < 4.78 is 5.62. The zero-order valence-electron chi connectivity index (χ0n) is 10.9. The van der Waals surface area contributed by atoms with Crippen LogP contribution in [0.25, 0.3) is 0 Å². The first-order chi connectivity index (χ1) is 9.74. The maximum absolute atomic E-state index is 12.3. The van der Waals surface area contributed by atoms with Gasteiger partial charge in [0.25, 0.3) is 0 Å². The topological polar surface area (TPSA) is 39.2 Å². The largest absolute Gasteiger partial charge is 0.493 e. The highest BCUT2D eigenvalue weighted by atomic mass is 35.5. The van der Waals surface area contributed by atoms with Crippen LogP contribution < -0.4 is 4.74 Å². The Morgan fingerprint density at radius 2 is 2.20 bits per heavy atom. The second kappa shape index (κ2) is 5.63. The molecule has 0 amide bonds. The van der Waals surface area contributed by atoms with E-state index in [-0.39, 0.29) is 11.7 Å². The highest BCUT2D eigenvalue weighted by molar-refractivity contribution is 6.29. The van der Waals surface area contributed by atoms with Gasteiger partial charge in [-0.2, -0.15) is 0 Å². The predicted octanol–water partition coefficient (Wildman–Crippen LogP) is 3.87. The number of rotatable bonds is 3. The van der Waals surface area contributed by atoms with Crippen molar-refractivity contribution in [2.45, 2.75) is 18.8 Å². The van der Waals surface area contributed by atoms with Crippen molar-refractivity contribution in [2.24, 2.45) is 0 Å². The van der Waals surface area contributed by atoms with Crippen molar-refractivity contribution in [3.8, 4) is 5.75 Å². The lowest BCUT2D eigenvalue weighted by atomic mass is 9.87. The molecule has 3 rings (SSSR count). The Morgan fingerprint density at radius 3 is 3.05 bits per heavy atom. The Labute approximate surface area is 122 Å². The lowest BCUT2D eigenvalue weighted by Crippen LogP contribution is -2.17. The second-order valence-electron chi connectivity index (χ2n) is 4.87. The standard InChI is InChI=1S/C16H14ClNO2/c17-16-10-12(5-7-18-16)14(19)9-11-6-8-20-15-4-2-1-3-13(11)15/h1-5,7,10-11H,6,8-9H2. The van der Waals surface area contributed by atoms with E-state index in [1.54, 1.807) is 18.3 Å². The van der Waals surface area contributed by atoms with Crippen LogP contribution in [0.2, 0.25) is 5.15 Å². The van der Waals surface area contributed by atoms with Gasteiger partial charge in [0.05, 0.1) is 6.61 Å². The first-order valence-electron chi connectivity index (χ1n) is 6.60. The fraction of sp³-hybridized carbons (Fsp3) is 0.250. The van der Waals surface area contributed by atoms with Crippen molar-refractivity contribution in [3.05, 3.63) is 58.9 Å². The van der Waals surface area contributed by atoms with Gasteiger partial charge < -0.3 is 4.74 Å². The minimum Gasteiger partial charge on any atom is -0.493 e. The Kier molecular flexibility index (Phi) is 3.70. The molecular formula is C16H14ClNO2. The van der Waals surface area contributed by atoms with Crippen molar-refractivity contribution in [1.82, 2.24) is 4.98 Å². The highest BCUT2D eigenvalue weighted by Crippen LogP contribution is 2.36. The fourth-order valence-corrected chi connectivity index (χ4v) is 2.72. The SMILES string of the molecule is O=C(CC1CCOc2ccccc21)c1ccnc(Cl)c1. The van der Waals surface area contributed by atoms with E-state index in [9.17, 15) is 4.79 Å². The van der Waals surface area contributed by atoms with E-state index < -0.39 is 0 Å². The van der Waals surface area contributed by atoms with Crippen LogP contribution in [0.5, 0.6) is 5.75 Å². The number of fused-ring (bicyclic) bond motifs is 1. The molecule has 102 valence electrons. The molecule has 0 N–H and O–H groups in total. The molecule has 0 bridgehead atoms. The van der Waals surface area contributed by atoms with Crippen LogP contribution >= 0.6 is 11.6 Å². The van der Waals surface area contributed by atoms with Gasteiger partial charge in [0.15, 0.2) is 5.78 Å². The number of hydrogen-bond donors (Lipinski definition) is 0. The Bertz CT molecular complexity index is 642. The summed E-state index contributed by atoms with van der Waals surface area (Å²) in [5, 5.41) is 0.350. The van der Waals surface area contributed by atoms with Gasteiger partial charge in [-0.05, 0) is 36.1 Å². The van der Waals surface area contributed by atoms with Crippen LogP contribution in [0.4, 0.5) is 0 Å². The summed E-state index contributed by atoms with van der Waals surface area (Å²) in [5.74, 6) is 1.19. The molecule has 20 heavy (non-hydrogen) atoms. The van der Waals surface area contributed by atoms with Crippen LogP contribution in [0.3, 0.4) is 0 Å². The molecule has 1 atom stereocenters. The highest BCUT2D eigenvalue weighted by Gasteiger charge is 2.24. The van der Waals surface area contributed by atoms with Gasteiger partial charge in [-0.15, -0.1) is 0 Å². The van der Waals surface area contributed by atoms with Crippen LogP contribution in [-0.4, -0.2) is 17.4 Å². The Balaban J connectivity index is 1.81. The molecule has 3 nitrogen and oxygen atoms in total. The van der Waals surface area contributed by atoms with Crippen molar-refractivity contribution in [2.75, 3.05) is 6.61 Å². The van der Waals surface area contributed by atoms with Crippen molar-refractivity contribution >= 4 is 17.4 Å². The summed E-state index contributed by atoms with van der Waals surface area (Å²) in [6.07, 6.45) is 2.90. The molecule has 0 radical (unpaired) electrons. The average molecular weight is 288 g/mol. The number of para-hydroxylation sites is 1. The molecule has 0 spiro atoms. The third-order valence-corrected chi connectivity index (χ3v) is 3.77. The van der Waals surface area contributed by atoms with Gasteiger partial charge >= 0.3 is 0 Å². The maximum atomic E-state index is 12.3. The van der Waals surface area contributed by atoms with E-state index in [0.29, 0.717) is 23.7 Å². The van der Waals surface area contributed by atoms with Crippen LogP contribution in [0.1, 0.15) is 34.7 Å². The molecule has 4 heteroatoms. The van der Waals surface area contributed by atoms with Crippen LogP contribution in [0.15, 0.2) is 42.6 Å². The minimum absolute atomic E-state index is 0.0935. The third kappa shape index (κ3) is 2.68. The summed E-state index contributed by atoms with van der Waals surface area (Å²) >= 11 is 5.83. The van der Waals surface area contributed by atoms with E-state index >= 15 is 0 Å². The molecule has 1 aliphatic rings. The summed E-state index contributed by atoms with van der Waals surface area (Å²) in [6, 6.07) is 11.2. The number of pyridine rings is 1. The molecule has 1 aromatic heterocycles. The first kappa shape index (κ1) is 13.1. The van der Waals surface area contributed by atoms with Crippen LogP contribution in [0, 0.1) is 0 Å². The average Bonchev–Trinajstić information content (AvgIpc) is 2.47. The molecule has 2 heterocycles.